The number of carbonyl (C=O) groups is 3. The molecule has 1 fully saturated rings. The van der Waals surface area contributed by atoms with E-state index in [4.69, 9.17) is 16.3 Å². The predicted molar refractivity (Wildman–Crippen MR) is 161 cm³/mol. The van der Waals surface area contributed by atoms with Gasteiger partial charge in [-0.3, -0.25) is 9.59 Å². The Bertz CT molecular complexity index is 1230. The molecule has 0 saturated heterocycles. The highest BCUT2D eigenvalue weighted by Crippen LogP contribution is 2.42. The molecule has 1 aliphatic carbocycles. The van der Waals surface area contributed by atoms with E-state index in [-0.39, 0.29) is 29.7 Å². The van der Waals surface area contributed by atoms with Crippen molar-refractivity contribution in [1.82, 2.24) is 10.2 Å². The summed E-state index contributed by atoms with van der Waals surface area (Å²) in [6.07, 6.45) is 0.763. The van der Waals surface area contributed by atoms with Crippen LogP contribution < -0.4 is 10.6 Å². The van der Waals surface area contributed by atoms with E-state index in [0.717, 1.165) is 23.1 Å². The lowest BCUT2D eigenvalue weighted by molar-refractivity contribution is -0.142. The maximum atomic E-state index is 14.5. The largest absolute Gasteiger partial charge is 0.444 e. The first-order valence-corrected chi connectivity index (χ1v) is 14.5. The van der Waals surface area contributed by atoms with E-state index >= 15 is 0 Å². The van der Waals surface area contributed by atoms with Crippen LogP contribution >= 0.6 is 11.6 Å². The average molecular weight is 570 g/mol. The Kier molecular flexibility index (Phi) is 9.94. The zero-order valence-corrected chi connectivity index (χ0v) is 26.0. The maximum absolute atomic E-state index is 14.5. The number of anilines is 1. The smallest absolute Gasteiger partial charge is 0.408 e. The number of nitrogens with zero attached hydrogens (tertiary/aromatic N) is 1. The minimum atomic E-state index is -0.926. The highest BCUT2D eigenvalue weighted by atomic mass is 35.5. The number of para-hydroxylation sites is 1. The summed E-state index contributed by atoms with van der Waals surface area (Å²) in [6.45, 7) is 17.2. The number of carbonyl (C=O) groups excluding carboxylic acids is 3. The molecule has 2 N–H and O–H groups in total. The number of halogens is 1. The summed E-state index contributed by atoms with van der Waals surface area (Å²) in [5.74, 6) is -0.631. The van der Waals surface area contributed by atoms with Crippen LogP contribution in [0.15, 0.2) is 36.4 Å². The van der Waals surface area contributed by atoms with Crippen LogP contribution in [-0.2, 0) is 14.3 Å². The molecule has 0 radical (unpaired) electrons. The number of hydrogen-bond acceptors (Lipinski definition) is 4. The first-order chi connectivity index (χ1) is 18.6. The van der Waals surface area contributed by atoms with Gasteiger partial charge in [-0.1, -0.05) is 69.1 Å². The van der Waals surface area contributed by atoms with E-state index in [2.05, 4.69) is 17.6 Å². The number of ether oxygens (including phenoxy) is 1. The average Bonchev–Trinajstić information content (AvgIpc) is 3.58. The summed E-state index contributed by atoms with van der Waals surface area (Å²) in [7, 11) is 0. The van der Waals surface area contributed by atoms with Crippen LogP contribution in [0.3, 0.4) is 0 Å². The molecule has 2 aromatic rings. The Morgan fingerprint density at radius 1 is 1.07 bits per heavy atom. The van der Waals surface area contributed by atoms with Crippen molar-refractivity contribution in [3.63, 3.8) is 0 Å². The van der Waals surface area contributed by atoms with E-state index in [1.54, 1.807) is 31.7 Å². The van der Waals surface area contributed by atoms with Gasteiger partial charge in [0, 0.05) is 6.04 Å². The quantitative estimate of drug-likeness (QED) is 0.336. The molecule has 7 nitrogen and oxygen atoms in total. The molecule has 0 bridgehead atoms. The van der Waals surface area contributed by atoms with Crippen LogP contribution in [0.1, 0.15) is 82.7 Å². The number of alkyl carbamates (subject to hydrolysis) is 1. The van der Waals surface area contributed by atoms with Crippen molar-refractivity contribution in [1.29, 1.82) is 0 Å². The lowest BCUT2D eigenvalue weighted by Gasteiger charge is -2.36. The molecular formula is C32H44ClN3O4. The van der Waals surface area contributed by atoms with Gasteiger partial charge in [-0.15, -0.1) is 0 Å². The third-order valence-electron chi connectivity index (χ3n) is 7.67. The number of nitrogens with one attached hydrogen (secondary N) is 2. The van der Waals surface area contributed by atoms with Crippen molar-refractivity contribution in [3.8, 4) is 0 Å². The van der Waals surface area contributed by atoms with Gasteiger partial charge in [0.15, 0.2) is 0 Å². The number of amides is 3. The first kappa shape index (κ1) is 31.5. The van der Waals surface area contributed by atoms with Gasteiger partial charge >= 0.3 is 6.09 Å². The molecular weight excluding hydrogens is 526 g/mol. The molecule has 0 aliphatic heterocycles. The van der Waals surface area contributed by atoms with Crippen LogP contribution in [0, 0.1) is 32.6 Å². The predicted octanol–water partition coefficient (Wildman–Crippen LogP) is 7.12. The Labute approximate surface area is 244 Å². The molecule has 0 aromatic heterocycles. The summed E-state index contributed by atoms with van der Waals surface area (Å²) in [6, 6.07) is 9.33. The molecule has 2 aromatic carbocycles. The molecule has 218 valence electrons. The SMILES string of the molecule is CCC(C)C(NC(=O)OC(C)(C)C)C(=O)N(C(C(=O)Nc1c(C)cccc1Cl)c1ccc(C)c(C)c1)C1CC1C. The Balaban J connectivity index is 2.10. The minimum Gasteiger partial charge on any atom is -0.444 e. The molecule has 3 amide bonds. The van der Waals surface area contributed by atoms with Gasteiger partial charge in [0.2, 0.25) is 5.91 Å². The van der Waals surface area contributed by atoms with Gasteiger partial charge in [-0.25, -0.2) is 4.79 Å². The zero-order valence-electron chi connectivity index (χ0n) is 25.2. The van der Waals surface area contributed by atoms with Gasteiger partial charge < -0.3 is 20.3 Å². The Morgan fingerprint density at radius 3 is 2.25 bits per heavy atom. The van der Waals surface area contributed by atoms with Crippen molar-refractivity contribution in [2.45, 2.75) is 98.9 Å². The molecule has 40 heavy (non-hydrogen) atoms. The van der Waals surface area contributed by atoms with Crippen LogP contribution in [-0.4, -0.2) is 40.5 Å². The van der Waals surface area contributed by atoms with Gasteiger partial charge in [-0.2, -0.15) is 0 Å². The minimum absolute atomic E-state index is 0.149. The highest BCUT2D eigenvalue weighted by molar-refractivity contribution is 6.34. The normalized spacial score (nSPS) is 18.8. The topological polar surface area (TPSA) is 87.7 Å². The van der Waals surface area contributed by atoms with E-state index < -0.39 is 23.8 Å². The second-order valence-electron chi connectivity index (χ2n) is 12.2. The molecule has 1 aliphatic rings. The van der Waals surface area contributed by atoms with E-state index in [9.17, 15) is 14.4 Å². The Hall–Kier alpha value is -3.06. The number of aryl methyl sites for hydroxylation is 3. The molecule has 0 spiro atoms. The second kappa shape index (κ2) is 12.6. The van der Waals surface area contributed by atoms with Crippen LogP contribution in [0.25, 0.3) is 0 Å². The van der Waals surface area contributed by atoms with Gasteiger partial charge in [-0.05, 0) is 88.1 Å². The maximum Gasteiger partial charge on any atom is 0.408 e. The number of benzene rings is 2. The van der Waals surface area contributed by atoms with Crippen molar-refractivity contribution in [2.24, 2.45) is 11.8 Å². The van der Waals surface area contributed by atoms with Gasteiger partial charge in [0.05, 0.1) is 10.7 Å². The van der Waals surface area contributed by atoms with Crippen LogP contribution in [0.4, 0.5) is 10.5 Å². The molecule has 0 heterocycles. The summed E-state index contributed by atoms with van der Waals surface area (Å²) in [5.41, 5.74) is 3.44. The lowest BCUT2D eigenvalue weighted by atomic mass is 9.94. The molecule has 3 rings (SSSR count). The fourth-order valence-corrected chi connectivity index (χ4v) is 5.07. The third kappa shape index (κ3) is 7.57. The summed E-state index contributed by atoms with van der Waals surface area (Å²) < 4.78 is 5.50. The van der Waals surface area contributed by atoms with Crippen molar-refractivity contribution >= 4 is 35.2 Å². The van der Waals surface area contributed by atoms with Gasteiger partial charge in [0.25, 0.3) is 5.91 Å². The summed E-state index contributed by atoms with van der Waals surface area (Å²) >= 11 is 6.47. The van der Waals surface area contributed by atoms with E-state index in [1.807, 2.05) is 65.0 Å². The summed E-state index contributed by atoms with van der Waals surface area (Å²) in [5, 5.41) is 6.28. The van der Waals surface area contributed by atoms with Crippen molar-refractivity contribution < 1.29 is 19.1 Å². The molecule has 5 atom stereocenters. The molecule has 5 unspecified atom stereocenters. The first-order valence-electron chi connectivity index (χ1n) is 14.1. The fraction of sp³-hybridized carbons (Fsp3) is 0.531. The molecule has 8 heteroatoms. The lowest BCUT2D eigenvalue weighted by Crippen LogP contribution is -2.55. The number of hydrogen-bond donors (Lipinski definition) is 2. The van der Waals surface area contributed by atoms with Crippen LogP contribution in [0.2, 0.25) is 5.02 Å². The second-order valence-corrected chi connectivity index (χ2v) is 12.6. The third-order valence-corrected chi connectivity index (χ3v) is 7.99. The fourth-order valence-electron chi connectivity index (χ4n) is 4.81. The van der Waals surface area contributed by atoms with Crippen LogP contribution in [0.5, 0.6) is 0 Å². The monoisotopic (exact) mass is 569 g/mol. The van der Waals surface area contributed by atoms with Crippen molar-refractivity contribution in [3.05, 3.63) is 63.7 Å². The summed E-state index contributed by atoms with van der Waals surface area (Å²) in [4.78, 5) is 43.2. The van der Waals surface area contributed by atoms with E-state index in [1.165, 1.54) is 0 Å². The highest BCUT2D eigenvalue weighted by Gasteiger charge is 2.49. The zero-order chi connectivity index (χ0) is 29.9. The number of rotatable bonds is 9. The van der Waals surface area contributed by atoms with Crippen molar-refractivity contribution in [2.75, 3.05) is 5.32 Å². The standard InChI is InChI=1S/C32H44ClN3O4/c1-10-18(2)27(35-31(39)40-32(7,8)9)30(38)36(25-17-22(25)6)28(23-15-14-19(3)21(5)16-23)29(37)34-26-20(4)12-11-13-24(26)33/h11-16,18,22,25,27-28H,10,17H2,1-9H3,(H,34,37)(H,35,39). The van der Waals surface area contributed by atoms with E-state index in [0.29, 0.717) is 22.7 Å². The molecule has 1 saturated carbocycles. The Morgan fingerprint density at radius 2 is 1.73 bits per heavy atom. The van der Waals surface area contributed by atoms with Gasteiger partial charge in [0.1, 0.15) is 17.7 Å².